The predicted octanol–water partition coefficient (Wildman–Crippen LogP) is 1.15. The molecule has 0 fully saturated rings. The molecule has 0 N–H and O–H groups in total. The average molecular weight is 254 g/mol. The van der Waals surface area contributed by atoms with Gasteiger partial charge in [0, 0.05) is 0 Å². The Morgan fingerprint density at radius 1 is 1.36 bits per heavy atom. The molecule has 2 radical (unpaired) electrons. The van der Waals surface area contributed by atoms with Gasteiger partial charge in [0.25, 0.3) is 0 Å². The van der Waals surface area contributed by atoms with Crippen molar-refractivity contribution < 1.29 is 0 Å². The van der Waals surface area contributed by atoms with E-state index in [1.165, 1.54) is 38.2 Å². The van der Waals surface area contributed by atoms with E-state index in [9.17, 15) is 0 Å². The summed E-state index contributed by atoms with van der Waals surface area (Å²) >= 11 is 1.31. The minimum atomic E-state index is 1.24. The van der Waals surface area contributed by atoms with Gasteiger partial charge in [-0.1, -0.05) is 0 Å². The summed E-state index contributed by atoms with van der Waals surface area (Å²) in [6, 6.07) is 8.71. The molecule has 0 saturated heterocycles. The predicted molar refractivity (Wildman–Crippen MR) is 51.6 cm³/mol. The third-order valence-electron chi connectivity index (χ3n) is 1.66. The van der Waals surface area contributed by atoms with Gasteiger partial charge in [-0.15, -0.1) is 0 Å². The van der Waals surface area contributed by atoms with E-state index < -0.39 is 0 Å². The molecular weight excluding hydrogens is 241 g/mol. The number of nitrogens with zero attached hydrogens (tertiary/aromatic N) is 1. The van der Waals surface area contributed by atoms with Crippen molar-refractivity contribution in [2.75, 3.05) is 19.0 Å². The number of hydrogen-bond donors (Lipinski definition) is 0. The van der Waals surface area contributed by atoms with E-state index in [0.717, 1.165) is 0 Å². The van der Waals surface area contributed by atoms with E-state index in [-0.39, 0.29) is 0 Å². The van der Waals surface area contributed by atoms with Crippen LogP contribution in [0.3, 0.4) is 0 Å². The zero-order chi connectivity index (χ0) is 8.27. The van der Waals surface area contributed by atoms with Crippen molar-refractivity contribution in [2.24, 2.45) is 0 Å². The van der Waals surface area contributed by atoms with E-state index in [2.05, 4.69) is 43.3 Å². The van der Waals surface area contributed by atoms with Crippen molar-refractivity contribution in [3.8, 4) is 0 Å². The molecule has 0 aliphatic carbocycles. The van der Waals surface area contributed by atoms with Crippen LogP contribution in [0.5, 0.6) is 0 Å². The summed E-state index contributed by atoms with van der Waals surface area (Å²) in [6.45, 7) is 0. The first-order valence-corrected chi connectivity index (χ1v) is 6.03. The molecule has 1 nitrogen and oxygen atoms in total. The van der Waals surface area contributed by atoms with Crippen molar-refractivity contribution >= 4 is 28.2 Å². The van der Waals surface area contributed by atoms with Crippen molar-refractivity contribution in [1.29, 1.82) is 0 Å². The summed E-state index contributed by atoms with van der Waals surface area (Å²) in [7, 11) is 4.15. The molecule has 1 aromatic rings. The molecule has 0 spiro atoms. The van der Waals surface area contributed by atoms with Gasteiger partial charge in [-0.25, -0.2) is 0 Å². The van der Waals surface area contributed by atoms with Crippen LogP contribution in [0.4, 0.5) is 5.69 Å². The first-order valence-electron chi connectivity index (χ1n) is 3.70. The molecule has 2 heteroatoms. The number of rotatable bonds is 2. The molecule has 0 aliphatic heterocycles. The minimum absolute atomic E-state index is 1.24. The second kappa shape index (κ2) is 4.00. The standard InChI is InChI=1S/C9H12N.Sn.H/c1-8-5-4-6-9(7-8)10(2)3;;/h4-7H,1H2,2-3H3;;. The van der Waals surface area contributed by atoms with Crippen molar-refractivity contribution in [3.05, 3.63) is 29.8 Å². The van der Waals surface area contributed by atoms with Crippen LogP contribution in [0.2, 0.25) is 0 Å². The first kappa shape index (κ1) is 8.91. The maximum atomic E-state index is 2.25. The third kappa shape index (κ3) is 2.40. The van der Waals surface area contributed by atoms with Gasteiger partial charge in [0.2, 0.25) is 0 Å². The second-order valence-corrected chi connectivity index (χ2v) is 3.93. The Kier molecular flexibility index (Phi) is 3.24. The van der Waals surface area contributed by atoms with Gasteiger partial charge in [-0.05, 0) is 0 Å². The quantitative estimate of drug-likeness (QED) is 0.715. The van der Waals surface area contributed by atoms with Gasteiger partial charge in [0.15, 0.2) is 0 Å². The zero-order valence-corrected chi connectivity index (χ0v) is 10.3. The van der Waals surface area contributed by atoms with Gasteiger partial charge >= 0.3 is 81.5 Å². The van der Waals surface area contributed by atoms with Crippen LogP contribution < -0.4 is 4.90 Å². The average Bonchev–Trinajstić information content (AvgIpc) is 2.05. The molecule has 0 amide bonds. The molecule has 0 atom stereocenters. The normalized spacial score (nSPS) is 9.73. The first-order chi connectivity index (χ1) is 5.24. The molecule has 0 heterocycles. The summed E-state index contributed by atoms with van der Waals surface area (Å²) < 4.78 is 1.24. The fraction of sp³-hybridized carbons (Fsp3) is 0.333. The molecule has 58 valence electrons. The summed E-state index contributed by atoms with van der Waals surface area (Å²) in [5.41, 5.74) is 2.76. The molecular formula is C9H13NSn. The fourth-order valence-corrected chi connectivity index (χ4v) is 1.69. The Hall–Kier alpha value is -0.181. The maximum absolute atomic E-state index is 2.25. The van der Waals surface area contributed by atoms with E-state index in [4.69, 9.17) is 0 Å². The fourth-order valence-electron chi connectivity index (χ4n) is 0.962. The Morgan fingerprint density at radius 2 is 2.09 bits per heavy atom. The number of benzene rings is 1. The Balaban J connectivity index is 2.91. The van der Waals surface area contributed by atoms with Crippen molar-refractivity contribution in [3.63, 3.8) is 0 Å². The summed E-state index contributed by atoms with van der Waals surface area (Å²) in [6.07, 6.45) is 0. The molecule has 11 heavy (non-hydrogen) atoms. The van der Waals surface area contributed by atoms with E-state index in [0.29, 0.717) is 0 Å². The third-order valence-corrected chi connectivity index (χ3v) is 3.01. The van der Waals surface area contributed by atoms with Crippen molar-refractivity contribution in [2.45, 2.75) is 4.44 Å². The van der Waals surface area contributed by atoms with Crippen LogP contribution in [-0.2, 0) is 4.44 Å². The molecule has 0 bridgehead atoms. The number of anilines is 1. The monoisotopic (exact) mass is 255 g/mol. The van der Waals surface area contributed by atoms with Crippen LogP contribution in [-0.4, -0.2) is 36.6 Å². The molecule has 0 unspecified atom stereocenters. The zero-order valence-electron chi connectivity index (χ0n) is 7.04. The molecule has 1 aromatic carbocycles. The van der Waals surface area contributed by atoms with Crippen LogP contribution >= 0.6 is 0 Å². The summed E-state index contributed by atoms with van der Waals surface area (Å²) in [5.74, 6) is 0. The Labute approximate surface area is 81.5 Å². The molecule has 0 aliphatic rings. The Morgan fingerprint density at radius 3 is 2.64 bits per heavy atom. The van der Waals surface area contributed by atoms with E-state index in [1.54, 1.807) is 0 Å². The van der Waals surface area contributed by atoms with E-state index in [1.807, 2.05) is 0 Å². The molecule has 1 rings (SSSR count). The van der Waals surface area contributed by atoms with Crippen LogP contribution in [0.1, 0.15) is 5.56 Å². The van der Waals surface area contributed by atoms with Gasteiger partial charge in [0.1, 0.15) is 0 Å². The molecule has 0 aromatic heterocycles. The molecule has 0 saturated carbocycles. The topological polar surface area (TPSA) is 3.24 Å². The van der Waals surface area contributed by atoms with Gasteiger partial charge in [-0.3, -0.25) is 0 Å². The summed E-state index contributed by atoms with van der Waals surface area (Å²) in [4.78, 5) is 2.14. The van der Waals surface area contributed by atoms with Gasteiger partial charge < -0.3 is 0 Å². The SMILES string of the molecule is CN(C)c1cccc([CH2][SnH])c1. The van der Waals surface area contributed by atoms with Crippen molar-refractivity contribution in [1.82, 2.24) is 0 Å². The second-order valence-electron chi connectivity index (χ2n) is 2.77. The van der Waals surface area contributed by atoms with Gasteiger partial charge in [0.05, 0.1) is 0 Å². The van der Waals surface area contributed by atoms with Gasteiger partial charge in [-0.2, -0.15) is 0 Å². The van der Waals surface area contributed by atoms with Crippen LogP contribution in [0.25, 0.3) is 0 Å². The van der Waals surface area contributed by atoms with E-state index >= 15 is 0 Å². The summed E-state index contributed by atoms with van der Waals surface area (Å²) in [5, 5.41) is 0. The Bertz CT molecular complexity index is 233. The van der Waals surface area contributed by atoms with Crippen LogP contribution in [0, 0.1) is 0 Å². The van der Waals surface area contributed by atoms with Crippen LogP contribution in [0.15, 0.2) is 24.3 Å². The number of hydrogen-bond acceptors (Lipinski definition) is 1.